The summed E-state index contributed by atoms with van der Waals surface area (Å²) in [4.78, 5) is 0. The van der Waals surface area contributed by atoms with E-state index < -0.39 is 0 Å². The van der Waals surface area contributed by atoms with Gasteiger partial charge in [-0.05, 0) is 72.7 Å². The van der Waals surface area contributed by atoms with Gasteiger partial charge in [0.25, 0.3) is 0 Å². The maximum Gasteiger partial charge on any atom is 0.0373 e. The van der Waals surface area contributed by atoms with Crippen molar-refractivity contribution in [2.24, 2.45) is 0 Å². The summed E-state index contributed by atoms with van der Waals surface area (Å²) in [5, 5.41) is 3.41. The Kier molecular flexibility index (Phi) is 2.62. The summed E-state index contributed by atoms with van der Waals surface area (Å²) in [6.07, 6.45) is 1.15. The van der Waals surface area contributed by atoms with Crippen molar-refractivity contribution in [3.63, 3.8) is 0 Å². The van der Waals surface area contributed by atoms with Crippen molar-refractivity contribution in [3.05, 3.63) is 52.6 Å². The second-order valence-electron chi connectivity index (χ2n) is 5.30. The molecule has 2 aromatic carbocycles. The summed E-state index contributed by atoms with van der Waals surface area (Å²) in [6, 6.07) is 11.4. The van der Waals surface area contributed by atoms with Crippen molar-refractivity contribution in [1.29, 1.82) is 0 Å². The predicted octanol–water partition coefficient (Wildman–Crippen LogP) is 4.25. The van der Waals surface area contributed by atoms with Gasteiger partial charge in [-0.2, -0.15) is 0 Å². The molecule has 1 nitrogen and oxygen atoms in total. The van der Waals surface area contributed by atoms with Crippen LogP contribution in [0.1, 0.15) is 22.3 Å². The minimum atomic E-state index is 1.07. The Morgan fingerprint density at radius 1 is 0.889 bits per heavy atom. The fourth-order valence-corrected chi connectivity index (χ4v) is 2.74. The Balaban J connectivity index is 2.12. The Bertz CT molecular complexity index is 611. The molecule has 1 aliphatic heterocycles. The third-order valence-corrected chi connectivity index (χ3v) is 3.97. The maximum atomic E-state index is 3.41. The third-order valence-electron chi connectivity index (χ3n) is 3.97. The van der Waals surface area contributed by atoms with Gasteiger partial charge in [-0.15, -0.1) is 0 Å². The molecule has 0 atom stereocenters. The van der Waals surface area contributed by atoms with Crippen LogP contribution in [0.3, 0.4) is 0 Å². The van der Waals surface area contributed by atoms with E-state index >= 15 is 0 Å². The lowest BCUT2D eigenvalue weighted by Crippen LogP contribution is -1.90. The Labute approximate surface area is 109 Å². The summed E-state index contributed by atoms with van der Waals surface area (Å²) < 4.78 is 0. The quantitative estimate of drug-likeness (QED) is 0.782. The number of aryl methyl sites for hydroxylation is 3. The topological polar surface area (TPSA) is 12.0 Å². The first-order valence-electron chi connectivity index (χ1n) is 6.60. The fourth-order valence-electron chi connectivity index (χ4n) is 2.74. The molecule has 0 saturated carbocycles. The van der Waals surface area contributed by atoms with Gasteiger partial charge in [-0.1, -0.05) is 18.2 Å². The van der Waals surface area contributed by atoms with E-state index in [0.29, 0.717) is 0 Å². The lowest BCUT2D eigenvalue weighted by molar-refractivity contribution is 1.11. The number of nitrogens with one attached hydrogen (secondary N) is 1. The van der Waals surface area contributed by atoms with Gasteiger partial charge >= 0.3 is 0 Å². The molecule has 92 valence electrons. The van der Waals surface area contributed by atoms with Crippen LogP contribution >= 0.6 is 0 Å². The van der Waals surface area contributed by atoms with Crippen LogP contribution in [0, 0.1) is 20.8 Å². The molecule has 1 N–H and O–H groups in total. The average molecular weight is 237 g/mol. The van der Waals surface area contributed by atoms with Gasteiger partial charge in [0.05, 0.1) is 0 Å². The molecule has 0 aromatic heterocycles. The van der Waals surface area contributed by atoms with Crippen LogP contribution in [0.25, 0.3) is 11.1 Å². The van der Waals surface area contributed by atoms with Crippen molar-refractivity contribution in [3.8, 4) is 11.1 Å². The summed E-state index contributed by atoms with van der Waals surface area (Å²) in [5.74, 6) is 0. The molecule has 1 heterocycles. The highest BCUT2D eigenvalue weighted by Crippen LogP contribution is 2.31. The highest BCUT2D eigenvalue weighted by Gasteiger charge is 2.12. The zero-order chi connectivity index (χ0) is 12.7. The number of hydrogen-bond donors (Lipinski definition) is 1. The van der Waals surface area contributed by atoms with E-state index in [2.05, 4.69) is 56.4 Å². The SMILES string of the molecule is Cc1cc(C)c(-c2ccc3c(c2)CCN3)cc1C. The van der Waals surface area contributed by atoms with Crippen LogP contribution in [-0.4, -0.2) is 6.54 Å². The Morgan fingerprint density at radius 3 is 2.50 bits per heavy atom. The van der Waals surface area contributed by atoms with E-state index in [1.807, 2.05) is 0 Å². The highest BCUT2D eigenvalue weighted by atomic mass is 14.9. The minimum Gasteiger partial charge on any atom is -0.384 e. The summed E-state index contributed by atoms with van der Waals surface area (Å²) in [5.41, 5.74) is 9.58. The number of fused-ring (bicyclic) bond motifs is 1. The molecule has 18 heavy (non-hydrogen) atoms. The van der Waals surface area contributed by atoms with Gasteiger partial charge in [-0.3, -0.25) is 0 Å². The van der Waals surface area contributed by atoms with Crippen molar-refractivity contribution < 1.29 is 0 Å². The second kappa shape index (κ2) is 4.16. The van der Waals surface area contributed by atoms with Gasteiger partial charge in [0.2, 0.25) is 0 Å². The Hall–Kier alpha value is -1.76. The normalized spacial score (nSPS) is 13.3. The van der Waals surface area contributed by atoms with Crippen LogP contribution in [0.2, 0.25) is 0 Å². The van der Waals surface area contributed by atoms with E-state index in [1.165, 1.54) is 39.1 Å². The van der Waals surface area contributed by atoms with Crippen molar-refractivity contribution in [2.75, 3.05) is 11.9 Å². The predicted molar refractivity (Wildman–Crippen MR) is 78.3 cm³/mol. The zero-order valence-corrected chi connectivity index (χ0v) is 11.3. The number of benzene rings is 2. The molecule has 0 unspecified atom stereocenters. The van der Waals surface area contributed by atoms with Crippen molar-refractivity contribution in [1.82, 2.24) is 0 Å². The van der Waals surface area contributed by atoms with Crippen molar-refractivity contribution in [2.45, 2.75) is 27.2 Å². The first kappa shape index (κ1) is 11.3. The molecular formula is C17H19N. The van der Waals surface area contributed by atoms with Gasteiger partial charge in [0.15, 0.2) is 0 Å². The number of anilines is 1. The summed E-state index contributed by atoms with van der Waals surface area (Å²) in [6.45, 7) is 7.64. The van der Waals surface area contributed by atoms with Gasteiger partial charge in [0.1, 0.15) is 0 Å². The van der Waals surface area contributed by atoms with Crippen molar-refractivity contribution >= 4 is 5.69 Å². The maximum absolute atomic E-state index is 3.41. The monoisotopic (exact) mass is 237 g/mol. The van der Waals surface area contributed by atoms with Crippen LogP contribution < -0.4 is 5.32 Å². The van der Waals surface area contributed by atoms with E-state index in [0.717, 1.165) is 13.0 Å². The molecule has 1 heteroatoms. The molecule has 0 radical (unpaired) electrons. The minimum absolute atomic E-state index is 1.07. The first-order valence-corrected chi connectivity index (χ1v) is 6.60. The highest BCUT2D eigenvalue weighted by molar-refractivity contribution is 5.73. The molecule has 2 aromatic rings. The van der Waals surface area contributed by atoms with Crippen LogP contribution in [0.15, 0.2) is 30.3 Å². The number of hydrogen-bond acceptors (Lipinski definition) is 1. The average Bonchev–Trinajstić information content (AvgIpc) is 2.80. The fraction of sp³-hybridized carbons (Fsp3) is 0.294. The zero-order valence-electron chi connectivity index (χ0n) is 11.3. The van der Waals surface area contributed by atoms with Crippen LogP contribution in [0.5, 0.6) is 0 Å². The lowest BCUT2D eigenvalue weighted by Gasteiger charge is -2.11. The second-order valence-corrected chi connectivity index (χ2v) is 5.30. The van der Waals surface area contributed by atoms with E-state index in [1.54, 1.807) is 0 Å². The van der Waals surface area contributed by atoms with E-state index in [4.69, 9.17) is 0 Å². The van der Waals surface area contributed by atoms with Crippen LogP contribution in [-0.2, 0) is 6.42 Å². The van der Waals surface area contributed by atoms with Gasteiger partial charge in [0, 0.05) is 12.2 Å². The Morgan fingerprint density at radius 2 is 1.67 bits per heavy atom. The van der Waals surface area contributed by atoms with E-state index in [-0.39, 0.29) is 0 Å². The third kappa shape index (κ3) is 1.80. The molecular weight excluding hydrogens is 218 g/mol. The standard InChI is InChI=1S/C17H19N/c1-11-8-13(3)16(9-12(11)2)14-4-5-17-15(10-14)6-7-18-17/h4-5,8-10,18H,6-7H2,1-3H3. The molecule has 0 bridgehead atoms. The molecule has 3 rings (SSSR count). The lowest BCUT2D eigenvalue weighted by atomic mass is 9.94. The number of rotatable bonds is 1. The smallest absolute Gasteiger partial charge is 0.0373 e. The molecule has 0 saturated heterocycles. The summed E-state index contributed by atoms with van der Waals surface area (Å²) in [7, 11) is 0. The molecule has 0 amide bonds. The summed E-state index contributed by atoms with van der Waals surface area (Å²) >= 11 is 0. The van der Waals surface area contributed by atoms with Crippen LogP contribution in [0.4, 0.5) is 5.69 Å². The molecule has 0 spiro atoms. The molecule has 0 fully saturated rings. The first-order chi connectivity index (χ1) is 8.65. The largest absolute Gasteiger partial charge is 0.384 e. The molecule has 0 aliphatic carbocycles. The van der Waals surface area contributed by atoms with Gasteiger partial charge < -0.3 is 5.32 Å². The molecule has 1 aliphatic rings. The van der Waals surface area contributed by atoms with E-state index in [9.17, 15) is 0 Å². The van der Waals surface area contributed by atoms with Gasteiger partial charge in [-0.25, -0.2) is 0 Å².